The van der Waals surface area contributed by atoms with Crippen molar-refractivity contribution in [1.29, 1.82) is 0 Å². The molecule has 0 bridgehead atoms. The zero-order valence-corrected chi connectivity index (χ0v) is 18.6. The van der Waals surface area contributed by atoms with Crippen LogP contribution < -0.4 is 4.74 Å². The van der Waals surface area contributed by atoms with E-state index in [9.17, 15) is 4.79 Å². The van der Waals surface area contributed by atoms with Crippen molar-refractivity contribution in [2.75, 3.05) is 0 Å². The fourth-order valence-electron chi connectivity index (χ4n) is 2.87. The van der Waals surface area contributed by atoms with Gasteiger partial charge in [-0.1, -0.05) is 59.1 Å². The van der Waals surface area contributed by atoms with Gasteiger partial charge in [-0.25, -0.2) is 9.79 Å². The van der Waals surface area contributed by atoms with Crippen LogP contribution in [-0.4, -0.2) is 11.9 Å². The molecule has 0 spiro atoms. The predicted molar refractivity (Wildman–Crippen MR) is 124 cm³/mol. The Morgan fingerprint density at radius 2 is 1.71 bits per heavy atom. The highest BCUT2D eigenvalue weighted by Gasteiger charge is 2.24. The van der Waals surface area contributed by atoms with Crippen molar-refractivity contribution in [3.8, 4) is 5.75 Å². The maximum absolute atomic E-state index is 12.2. The lowest BCUT2D eigenvalue weighted by molar-refractivity contribution is -0.129. The molecular formula is C24H16Cl3NO3. The van der Waals surface area contributed by atoms with Crippen LogP contribution in [0.1, 0.15) is 22.3 Å². The van der Waals surface area contributed by atoms with Crippen molar-refractivity contribution in [3.63, 3.8) is 0 Å². The highest BCUT2D eigenvalue weighted by molar-refractivity contribution is 6.42. The molecule has 0 amide bonds. The number of esters is 1. The van der Waals surface area contributed by atoms with Crippen molar-refractivity contribution in [2.24, 2.45) is 4.99 Å². The van der Waals surface area contributed by atoms with E-state index in [1.807, 2.05) is 49.4 Å². The Morgan fingerprint density at radius 1 is 0.935 bits per heavy atom. The lowest BCUT2D eigenvalue weighted by Crippen LogP contribution is -2.05. The van der Waals surface area contributed by atoms with Gasteiger partial charge in [0.1, 0.15) is 12.4 Å². The van der Waals surface area contributed by atoms with E-state index < -0.39 is 5.97 Å². The van der Waals surface area contributed by atoms with E-state index in [1.165, 1.54) is 0 Å². The molecule has 0 radical (unpaired) electrons. The number of rotatable bonds is 5. The first-order chi connectivity index (χ1) is 14.9. The van der Waals surface area contributed by atoms with Crippen LogP contribution in [0.3, 0.4) is 0 Å². The van der Waals surface area contributed by atoms with Gasteiger partial charge in [-0.05, 0) is 66.1 Å². The fourth-order valence-corrected chi connectivity index (χ4v) is 3.37. The molecule has 0 aromatic heterocycles. The summed E-state index contributed by atoms with van der Waals surface area (Å²) in [4.78, 5) is 16.5. The summed E-state index contributed by atoms with van der Waals surface area (Å²) in [6, 6.07) is 18.1. The Kier molecular flexibility index (Phi) is 6.33. The maximum atomic E-state index is 12.2. The van der Waals surface area contributed by atoms with Gasteiger partial charge in [0.15, 0.2) is 5.70 Å². The summed E-state index contributed by atoms with van der Waals surface area (Å²) < 4.78 is 11.1. The standard InChI is InChI=1S/C24H16Cl3NO3/c1-14-2-6-17(12-20(14)26)23-28-22(24(29)31-23)11-15-3-7-18(8-4-15)30-13-16-5-9-19(25)21(27)10-16/h2-12H,13H2,1H3/b22-11+. The predicted octanol–water partition coefficient (Wildman–Crippen LogP) is 6.88. The van der Waals surface area contributed by atoms with E-state index in [2.05, 4.69) is 4.99 Å². The highest BCUT2D eigenvalue weighted by atomic mass is 35.5. The molecule has 0 saturated carbocycles. The van der Waals surface area contributed by atoms with E-state index in [0.717, 1.165) is 16.7 Å². The van der Waals surface area contributed by atoms with Crippen LogP contribution >= 0.6 is 34.8 Å². The Labute approximate surface area is 194 Å². The first kappa shape index (κ1) is 21.4. The van der Waals surface area contributed by atoms with Gasteiger partial charge in [0.25, 0.3) is 0 Å². The number of carbonyl (C=O) groups is 1. The van der Waals surface area contributed by atoms with Gasteiger partial charge in [0, 0.05) is 10.6 Å². The van der Waals surface area contributed by atoms with E-state index in [1.54, 1.807) is 24.3 Å². The molecule has 7 heteroatoms. The van der Waals surface area contributed by atoms with E-state index in [0.29, 0.717) is 33.0 Å². The third-order valence-corrected chi connectivity index (χ3v) is 5.76. The number of benzene rings is 3. The number of aliphatic imine (C=N–C) groups is 1. The largest absolute Gasteiger partial charge is 0.489 e. The fraction of sp³-hybridized carbons (Fsp3) is 0.0833. The van der Waals surface area contributed by atoms with Gasteiger partial charge in [-0.3, -0.25) is 0 Å². The van der Waals surface area contributed by atoms with Gasteiger partial charge in [0.05, 0.1) is 10.0 Å². The first-order valence-corrected chi connectivity index (χ1v) is 10.5. The minimum absolute atomic E-state index is 0.219. The normalized spacial score (nSPS) is 14.5. The summed E-state index contributed by atoms with van der Waals surface area (Å²) in [5.74, 6) is 0.409. The van der Waals surface area contributed by atoms with E-state index in [-0.39, 0.29) is 11.6 Å². The molecule has 4 rings (SSSR count). The molecule has 156 valence electrons. The van der Waals surface area contributed by atoms with Crippen LogP contribution in [0.5, 0.6) is 5.75 Å². The molecule has 1 heterocycles. The SMILES string of the molecule is Cc1ccc(C2=N/C(=C/c3ccc(OCc4ccc(Cl)c(Cl)c4)cc3)C(=O)O2)cc1Cl. The molecule has 4 nitrogen and oxygen atoms in total. The molecule has 0 fully saturated rings. The summed E-state index contributed by atoms with van der Waals surface area (Å²) in [5.41, 5.74) is 3.51. The number of halogens is 3. The van der Waals surface area contributed by atoms with Crippen LogP contribution in [-0.2, 0) is 16.1 Å². The lowest BCUT2D eigenvalue weighted by atomic mass is 10.1. The first-order valence-electron chi connectivity index (χ1n) is 9.35. The molecule has 0 saturated heterocycles. The molecule has 3 aromatic carbocycles. The van der Waals surface area contributed by atoms with Crippen molar-refractivity contribution in [1.82, 2.24) is 0 Å². The Morgan fingerprint density at radius 3 is 2.42 bits per heavy atom. The average Bonchev–Trinajstić information content (AvgIpc) is 3.12. The lowest BCUT2D eigenvalue weighted by Gasteiger charge is -2.07. The number of hydrogen-bond donors (Lipinski definition) is 0. The number of hydrogen-bond acceptors (Lipinski definition) is 4. The van der Waals surface area contributed by atoms with Crippen LogP contribution in [0.15, 0.2) is 71.4 Å². The minimum Gasteiger partial charge on any atom is -0.489 e. The summed E-state index contributed by atoms with van der Waals surface area (Å²) in [5, 5.41) is 1.58. The molecule has 0 unspecified atom stereocenters. The second-order valence-corrected chi connectivity index (χ2v) is 8.13. The third kappa shape index (κ3) is 5.10. The number of cyclic esters (lactones) is 1. The van der Waals surface area contributed by atoms with Crippen molar-refractivity contribution in [3.05, 3.63) is 104 Å². The van der Waals surface area contributed by atoms with Crippen LogP contribution in [0.25, 0.3) is 6.08 Å². The van der Waals surface area contributed by atoms with Crippen molar-refractivity contribution in [2.45, 2.75) is 13.5 Å². The maximum Gasteiger partial charge on any atom is 0.363 e. The molecule has 0 N–H and O–H groups in total. The molecule has 0 aliphatic carbocycles. The Bertz CT molecular complexity index is 1220. The number of nitrogens with zero attached hydrogens (tertiary/aromatic N) is 1. The zero-order chi connectivity index (χ0) is 22.0. The van der Waals surface area contributed by atoms with E-state index >= 15 is 0 Å². The van der Waals surface area contributed by atoms with Crippen molar-refractivity contribution < 1.29 is 14.3 Å². The summed E-state index contributed by atoms with van der Waals surface area (Å²) in [6.45, 7) is 2.26. The highest BCUT2D eigenvalue weighted by Crippen LogP contribution is 2.25. The Hall–Kier alpha value is -2.79. The molecule has 0 atom stereocenters. The smallest absolute Gasteiger partial charge is 0.363 e. The minimum atomic E-state index is -0.508. The second kappa shape index (κ2) is 9.15. The van der Waals surface area contributed by atoms with Crippen LogP contribution in [0, 0.1) is 6.92 Å². The van der Waals surface area contributed by atoms with Crippen LogP contribution in [0.4, 0.5) is 0 Å². The quantitative estimate of drug-likeness (QED) is 0.300. The number of carbonyl (C=O) groups excluding carboxylic acids is 1. The van der Waals surface area contributed by atoms with Gasteiger partial charge in [-0.15, -0.1) is 0 Å². The number of ether oxygens (including phenoxy) is 2. The van der Waals surface area contributed by atoms with Gasteiger partial charge >= 0.3 is 5.97 Å². The zero-order valence-electron chi connectivity index (χ0n) is 16.4. The second-order valence-electron chi connectivity index (χ2n) is 6.91. The number of aryl methyl sites for hydroxylation is 1. The molecule has 31 heavy (non-hydrogen) atoms. The Balaban J connectivity index is 1.45. The molecule has 3 aromatic rings. The average molecular weight is 473 g/mol. The summed E-state index contributed by atoms with van der Waals surface area (Å²) in [7, 11) is 0. The monoisotopic (exact) mass is 471 g/mol. The van der Waals surface area contributed by atoms with Gasteiger partial charge in [-0.2, -0.15) is 0 Å². The molecular weight excluding hydrogens is 457 g/mol. The third-order valence-electron chi connectivity index (χ3n) is 4.61. The van der Waals surface area contributed by atoms with E-state index in [4.69, 9.17) is 44.3 Å². The topological polar surface area (TPSA) is 47.9 Å². The van der Waals surface area contributed by atoms with Gasteiger partial charge < -0.3 is 9.47 Å². The van der Waals surface area contributed by atoms with Crippen LogP contribution in [0.2, 0.25) is 15.1 Å². The summed E-state index contributed by atoms with van der Waals surface area (Å²) in [6.07, 6.45) is 1.66. The molecule has 1 aliphatic heterocycles. The van der Waals surface area contributed by atoms with Gasteiger partial charge in [0.2, 0.25) is 5.90 Å². The summed E-state index contributed by atoms with van der Waals surface area (Å²) >= 11 is 18.1. The van der Waals surface area contributed by atoms with Crippen molar-refractivity contribution >= 4 is 52.7 Å². The molecule has 1 aliphatic rings.